The van der Waals surface area contributed by atoms with Gasteiger partial charge in [-0.25, -0.2) is 4.39 Å². The summed E-state index contributed by atoms with van der Waals surface area (Å²) in [7, 11) is 1.52. The van der Waals surface area contributed by atoms with Crippen LogP contribution >= 0.6 is 0 Å². The van der Waals surface area contributed by atoms with Crippen molar-refractivity contribution in [1.82, 2.24) is 15.6 Å². The van der Waals surface area contributed by atoms with Gasteiger partial charge in [-0.2, -0.15) is 0 Å². The van der Waals surface area contributed by atoms with E-state index in [9.17, 15) is 22.8 Å². The van der Waals surface area contributed by atoms with E-state index in [2.05, 4.69) is 25.7 Å². The number of ether oxygens (including phenoxy) is 4. The van der Waals surface area contributed by atoms with Crippen molar-refractivity contribution < 1.29 is 46.1 Å². The topological polar surface area (TPSA) is 120 Å². The zero-order chi connectivity index (χ0) is 32.7. The molecule has 5 rings (SSSR count). The van der Waals surface area contributed by atoms with Crippen LogP contribution in [0.15, 0.2) is 66.9 Å². The molecule has 1 aromatic heterocycles. The number of benzene rings is 3. The highest BCUT2D eigenvalue weighted by atomic mass is 19.4. The van der Waals surface area contributed by atoms with E-state index in [0.29, 0.717) is 34.9 Å². The maximum Gasteiger partial charge on any atom is 0.573 e. The van der Waals surface area contributed by atoms with Gasteiger partial charge in [-0.15, -0.1) is 13.2 Å². The molecule has 10 nitrogen and oxygen atoms in total. The summed E-state index contributed by atoms with van der Waals surface area (Å²) >= 11 is 0. The molecule has 0 atom stereocenters. The highest BCUT2D eigenvalue weighted by Gasteiger charge is 2.32. The fraction of sp³-hybridized carbons (Fsp3) is 0.281. The quantitative estimate of drug-likeness (QED) is 0.149. The molecule has 1 saturated heterocycles. The molecular formula is C32H30F4N4O6. The van der Waals surface area contributed by atoms with Crippen molar-refractivity contribution in [1.29, 1.82) is 0 Å². The molecule has 3 aromatic carbocycles. The standard InChI is InChI=1S/C32H30F4N4O6/c1-43-28-15-22-24(16-29(28)44-18-19-8-11-37-12-9-19)38-13-10-26(22)45-27-7-6-21(14-23(27)33)40-31(42)30(41)39-17-20-4-2-3-5-25(20)46-32(34,35)36/h2-7,10,13-16,19,37H,8-9,11-12,17-18H2,1H3,(H,39,41)(H,40,42). The van der Waals surface area contributed by atoms with Crippen LogP contribution in [0, 0.1) is 11.7 Å². The number of alkyl halides is 3. The summed E-state index contributed by atoms with van der Waals surface area (Å²) < 4.78 is 74.4. The largest absolute Gasteiger partial charge is 0.573 e. The maximum atomic E-state index is 15.1. The van der Waals surface area contributed by atoms with Crippen molar-refractivity contribution in [3.8, 4) is 28.7 Å². The molecule has 0 aliphatic carbocycles. The van der Waals surface area contributed by atoms with E-state index in [4.69, 9.17) is 14.2 Å². The molecule has 0 spiro atoms. The number of aromatic nitrogens is 1. The number of para-hydroxylation sites is 1. The molecule has 1 fully saturated rings. The van der Waals surface area contributed by atoms with E-state index in [1.807, 2.05) is 0 Å². The zero-order valence-corrected chi connectivity index (χ0v) is 24.6. The van der Waals surface area contributed by atoms with E-state index in [1.54, 1.807) is 18.2 Å². The van der Waals surface area contributed by atoms with Crippen LogP contribution in [-0.4, -0.2) is 50.0 Å². The number of hydrogen-bond acceptors (Lipinski definition) is 8. The van der Waals surface area contributed by atoms with Gasteiger partial charge in [0, 0.05) is 41.5 Å². The van der Waals surface area contributed by atoms with Crippen LogP contribution in [0.25, 0.3) is 10.9 Å². The normalized spacial score (nSPS) is 13.6. The molecule has 14 heteroatoms. The highest BCUT2D eigenvalue weighted by molar-refractivity contribution is 6.39. The van der Waals surface area contributed by atoms with Crippen molar-refractivity contribution in [3.63, 3.8) is 0 Å². The van der Waals surface area contributed by atoms with Gasteiger partial charge >= 0.3 is 18.2 Å². The summed E-state index contributed by atoms with van der Waals surface area (Å²) in [4.78, 5) is 29.1. The zero-order valence-electron chi connectivity index (χ0n) is 24.6. The minimum absolute atomic E-state index is 0.00394. The summed E-state index contributed by atoms with van der Waals surface area (Å²) in [5.74, 6) is -2.12. The summed E-state index contributed by atoms with van der Waals surface area (Å²) in [6.45, 7) is 2.02. The Morgan fingerprint density at radius 3 is 2.46 bits per heavy atom. The lowest BCUT2D eigenvalue weighted by atomic mass is 9.99. The third-order valence-corrected chi connectivity index (χ3v) is 7.17. The number of nitrogens with zero attached hydrogens (tertiary/aromatic N) is 1. The van der Waals surface area contributed by atoms with Crippen LogP contribution in [0.1, 0.15) is 18.4 Å². The Hall–Kier alpha value is -5.11. The molecule has 46 heavy (non-hydrogen) atoms. The van der Waals surface area contributed by atoms with Crippen LogP contribution < -0.4 is 34.9 Å². The van der Waals surface area contributed by atoms with Gasteiger partial charge in [0.05, 0.1) is 19.2 Å². The van der Waals surface area contributed by atoms with Gasteiger partial charge < -0.3 is 34.9 Å². The molecular weight excluding hydrogens is 612 g/mol. The summed E-state index contributed by atoms with van der Waals surface area (Å²) in [6.07, 6.45) is -1.38. The number of rotatable bonds is 10. The Morgan fingerprint density at radius 1 is 0.935 bits per heavy atom. The van der Waals surface area contributed by atoms with Crippen LogP contribution in [0.5, 0.6) is 28.7 Å². The monoisotopic (exact) mass is 642 g/mol. The van der Waals surface area contributed by atoms with Gasteiger partial charge in [0.2, 0.25) is 0 Å². The fourth-order valence-corrected chi connectivity index (χ4v) is 4.84. The van der Waals surface area contributed by atoms with E-state index in [1.165, 1.54) is 43.6 Å². The Labute approximate surface area is 261 Å². The van der Waals surface area contributed by atoms with Gasteiger partial charge in [0.15, 0.2) is 23.1 Å². The number of halogens is 4. The first-order valence-corrected chi connectivity index (χ1v) is 14.3. The SMILES string of the molecule is COc1cc2c(Oc3ccc(NC(=O)C(=O)NCc4ccccc4OC(F)(F)F)cc3F)ccnc2cc1OCC1CCNCC1. The lowest BCUT2D eigenvalue weighted by molar-refractivity contribution is -0.274. The minimum Gasteiger partial charge on any atom is -0.493 e. The second-order valence-corrected chi connectivity index (χ2v) is 10.4. The number of pyridine rings is 1. The highest BCUT2D eigenvalue weighted by Crippen LogP contribution is 2.38. The van der Waals surface area contributed by atoms with Crippen LogP contribution in [0.2, 0.25) is 0 Å². The van der Waals surface area contributed by atoms with Crippen molar-refractivity contribution in [2.24, 2.45) is 5.92 Å². The maximum absolute atomic E-state index is 15.1. The molecule has 3 N–H and O–H groups in total. The van der Waals surface area contributed by atoms with Gasteiger partial charge in [0.1, 0.15) is 11.5 Å². The predicted molar refractivity (Wildman–Crippen MR) is 159 cm³/mol. The molecule has 242 valence electrons. The molecule has 1 aliphatic heterocycles. The first-order valence-electron chi connectivity index (χ1n) is 14.3. The van der Waals surface area contributed by atoms with Crippen LogP contribution in [0.4, 0.5) is 23.2 Å². The number of hydrogen-bond donors (Lipinski definition) is 3. The molecule has 2 amide bonds. The van der Waals surface area contributed by atoms with Gasteiger partial charge in [-0.3, -0.25) is 14.6 Å². The lowest BCUT2D eigenvalue weighted by Gasteiger charge is -2.23. The van der Waals surface area contributed by atoms with E-state index < -0.39 is 36.3 Å². The second kappa shape index (κ2) is 14.3. The first kappa shape index (κ1) is 32.3. The average molecular weight is 643 g/mol. The van der Waals surface area contributed by atoms with Crippen molar-refractivity contribution >= 4 is 28.4 Å². The number of methoxy groups -OCH3 is 1. The van der Waals surface area contributed by atoms with Crippen LogP contribution in [-0.2, 0) is 16.1 Å². The molecule has 0 bridgehead atoms. The Morgan fingerprint density at radius 2 is 1.72 bits per heavy atom. The number of piperidine rings is 1. The smallest absolute Gasteiger partial charge is 0.493 e. The summed E-state index contributed by atoms with van der Waals surface area (Å²) in [6, 6.07) is 13.7. The van der Waals surface area contributed by atoms with Gasteiger partial charge in [-0.05, 0) is 62.2 Å². The molecule has 4 aromatic rings. The molecule has 0 unspecified atom stereocenters. The Bertz CT molecular complexity index is 1710. The Kier molecular flexibility index (Phi) is 10.1. The predicted octanol–water partition coefficient (Wildman–Crippen LogP) is 5.71. The number of fused-ring (bicyclic) bond motifs is 1. The van der Waals surface area contributed by atoms with E-state index in [0.717, 1.165) is 38.1 Å². The number of nitrogens with one attached hydrogen (secondary N) is 3. The Balaban J connectivity index is 1.23. The third kappa shape index (κ3) is 8.33. The molecule has 0 radical (unpaired) electrons. The summed E-state index contributed by atoms with van der Waals surface area (Å²) in [5.41, 5.74) is 0.486. The molecule has 1 aliphatic rings. The summed E-state index contributed by atoms with van der Waals surface area (Å²) in [5, 5.41) is 8.33. The number of amides is 2. The molecule has 2 heterocycles. The lowest BCUT2D eigenvalue weighted by Crippen LogP contribution is -2.35. The van der Waals surface area contributed by atoms with Crippen molar-refractivity contribution in [2.75, 3.05) is 32.1 Å². The van der Waals surface area contributed by atoms with E-state index >= 15 is 4.39 Å². The van der Waals surface area contributed by atoms with Gasteiger partial charge in [-0.1, -0.05) is 18.2 Å². The third-order valence-electron chi connectivity index (χ3n) is 7.17. The fourth-order valence-electron chi connectivity index (χ4n) is 4.84. The number of carbonyl (C=O) groups excluding carboxylic acids is 2. The second-order valence-electron chi connectivity index (χ2n) is 10.4. The van der Waals surface area contributed by atoms with E-state index in [-0.39, 0.29) is 22.7 Å². The molecule has 0 saturated carbocycles. The van der Waals surface area contributed by atoms with Gasteiger partial charge in [0.25, 0.3) is 0 Å². The number of carbonyl (C=O) groups is 2. The average Bonchev–Trinajstić information content (AvgIpc) is 3.04. The minimum atomic E-state index is -4.93. The first-order chi connectivity index (χ1) is 22.1. The van der Waals surface area contributed by atoms with Crippen molar-refractivity contribution in [3.05, 3.63) is 78.2 Å². The van der Waals surface area contributed by atoms with Crippen molar-refractivity contribution in [2.45, 2.75) is 25.7 Å². The number of anilines is 1. The van der Waals surface area contributed by atoms with Crippen LogP contribution in [0.3, 0.4) is 0 Å².